The molecule has 2 aromatic carbocycles. The van der Waals surface area contributed by atoms with E-state index in [1.807, 2.05) is 18.2 Å². The maximum Gasteiger partial charge on any atom is 0.264 e. The van der Waals surface area contributed by atoms with E-state index in [1.165, 1.54) is 23.0 Å². The van der Waals surface area contributed by atoms with Gasteiger partial charge in [-0.3, -0.25) is 4.79 Å². The number of hydrogen-bond acceptors (Lipinski definition) is 4. The number of benzene rings is 2. The Balaban J connectivity index is 1.64. The number of amidine groups is 1. The molecule has 0 unspecified atom stereocenters. The van der Waals surface area contributed by atoms with Crippen molar-refractivity contribution in [2.45, 2.75) is 45.6 Å². The largest absolute Gasteiger partial charge is 0.369 e. The lowest BCUT2D eigenvalue weighted by Crippen LogP contribution is -2.45. The summed E-state index contributed by atoms with van der Waals surface area (Å²) in [5.41, 5.74) is 5.76. The van der Waals surface area contributed by atoms with Crippen molar-refractivity contribution < 1.29 is 4.79 Å². The third-order valence-electron chi connectivity index (χ3n) is 6.02. The zero-order valence-electron chi connectivity index (χ0n) is 17.9. The zero-order chi connectivity index (χ0) is 21.6. The zero-order valence-corrected chi connectivity index (χ0v) is 19.5. The Labute approximate surface area is 187 Å². The van der Waals surface area contributed by atoms with Crippen molar-refractivity contribution in [3.63, 3.8) is 0 Å². The monoisotopic (exact) mass is 439 g/mol. The number of carbonyl (C=O) groups excluding carboxylic acids is 1. The Morgan fingerprint density at radius 3 is 2.67 bits per heavy atom. The molecule has 1 N–H and O–H groups in total. The van der Waals surface area contributed by atoms with Crippen LogP contribution in [0.2, 0.25) is 5.02 Å². The Kier molecular flexibility index (Phi) is 5.45. The van der Waals surface area contributed by atoms with Crippen molar-refractivity contribution in [2.75, 3.05) is 11.9 Å². The lowest BCUT2D eigenvalue weighted by atomic mass is 9.79. The number of rotatable bonds is 2. The molecule has 0 aromatic heterocycles. The van der Waals surface area contributed by atoms with Gasteiger partial charge in [-0.2, -0.15) is 0 Å². The first kappa shape index (κ1) is 21.0. The molecule has 2 aliphatic heterocycles. The fourth-order valence-electron chi connectivity index (χ4n) is 4.14. The van der Waals surface area contributed by atoms with Crippen LogP contribution in [0, 0.1) is 6.92 Å². The Hall–Kier alpha value is -2.24. The van der Waals surface area contributed by atoms with Gasteiger partial charge in [0.15, 0.2) is 5.17 Å². The number of halogens is 1. The van der Waals surface area contributed by atoms with Crippen LogP contribution < -0.4 is 10.2 Å². The number of hydrogen-bond donors (Lipinski definition) is 1. The number of nitrogens with zero attached hydrogens (tertiary/aromatic N) is 2. The highest BCUT2D eigenvalue weighted by molar-refractivity contribution is 8.18. The van der Waals surface area contributed by atoms with Gasteiger partial charge in [-0.05, 0) is 104 Å². The number of amides is 1. The smallest absolute Gasteiger partial charge is 0.264 e. The van der Waals surface area contributed by atoms with Crippen molar-refractivity contribution >= 4 is 51.9 Å². The van der Waals surface area contributed by atoms with E-state index >= 15 is 0 Å². The van der Waals surface area contributed by atoms with Crippen LogP contribution in [0.15, 0.2) is 46.3 Å². The lowest BCUT2D eigenvalue weighted by molar-refractivity contribution is -0.115. The number of aliphatic imine (C=N–C) groups is 1. The van der Waals surface area contributed by atoms with Gasteiger partial charge in [-0.15, -0.1) is 0 Å². The summed E-state index contributed by atoms with van der Waals surface area (Å²) in [5.74, 6) is 0.354. The standard InChI is InChI=1S/C24H26ClN3OS/c1-14-10-20-19(15(2)13-24(3,4)28(20)5)11-16(14)12-21-22(29)27-23(30-21)26-18-8-6-17(25)7-9-18/h6-12,15H,13H2,1-5H3,(H,26,27,29)/b21-12-/t15-/m1/s1. The van der Waals surface area contributed by atoms with Crippen LogP contribution in [0.1, 0.15) is 49.8 Å². The summed E-state index contributed by atoms with van der Waals surface area (Å²) in [5, 5.41) is 4.10. The van der Waals surface area contributed by atoms with Gasteiger partial charge in [0.2, 0.25) is 0 Å². The third kappa shape index (κ3) is 4.01. The van der Waals surface area contributed by atoms with Gasteiger partial charge in [0.05, 0.1) is 10.6 Å². The number of thioether (sulfide) groups is 1. The predicted molar refractivity (Wildman–Crippen MR) is 129 cm³/mol. The summed E-state index contributed by atoms with van der Waals surface area (Å²) < 4.78 is 0. The topological polar surface area (TPSA) is 44.7 Å². The molecule has 0 saturated carbocycles. The lowest BCUT2D eigenvalue weighted by Gasteiger charge is -2.45. The summed E-state index contributed by atoms with van der Waals surface area (Å²) in [6.45, 7) is 8.97. The van der Waals surface area contributed by atoms with E-state index < -0.39 is 0 Å². The first-order chi connectivity index (χ1) is 14.1. The average Bonchev–Trinajstić information content (AvgIpc) is 3.01. The first-order valence-electron chi connectivity index (χ1n) is 10.1. The highest BCUT2D eigenvalue weighted by Crippen LogP contribution is 2.44. The summed E-state index contributed by atoms with van der Waals surface area (Å²) in [6, 6.07) is 11.7. The predicted octanol–water partition coefficient (Wildman–Crippen LogP) is 6.26. The van der Waals surface area contributed by atoms with Gasteiger partial charge in [0, 0.05) is 23.3 Å². The molecule has 30 heavy (non-hydrogen) atoms. The number of carbonyl (C=O) groups is 1. The molecule has 1 saturated heterocycles. The number of aryl methyl sites for hydroxylation is 1. The van der Waals surface area contributed by atoms with Crippen LogP contribution >= 0.6 is 23.4 Å². The number of anilines is 1. The van der Waals surface area contributed by atoms with Crippen LogP contribution in [0.5, 0.6) is 0 Å². The Morgan fingerprint density at radius 2 is 1.97 bits per heavy atom. The van der Waals surface area contributed by atoms with Crippen LogP contribution in [-0.2, 0) is 4.79 Å². The molecule has 0 radical (unpaired) electrons. The summed E-state index contributed by atoms with van der Waals surface area (Å²) >= 11 is 7.30. The summed E-state index contributed by atoms with van der Waals surface area (Å²) in [6.07, 6.45) is 3.08. The minimum atomic E-state index is -0.115. The molecule has 2 aliphatic rings. The van der Waals surface area contributed by atoms with Crippen molar-refractivity contribution in [1.29, 1.82) is 0 Å². The average molecular weight is 440 g/mol. The van der Waals surface area contributed by atoms with Gasteiger partial charge in [-0.1, -0.05) is 18.5 Å². The molecule has 156 valence electrons. The second-order valence-corrected chi connectivity index (χ2v) is 10.2. The van der Waals surface area contributed by atoms with Gasteiger partial charge in [0.25, 0.3) is 5.91 Å². The normalized spacial score (nSPS) is 23.1. The molecular formula is C24H26ClN3OS. The highest BCUT2D eigenvalue weighted by Gasteiger charge is 2.34. The number of fused-ring (bicyclic) bond motifs is 1. The van der Waals surface area contributed by atoms with Crippen LogP contribution in [0.25, 0.3) is 6.08 Å². The van der Waals surface area contributed by atoms with E-state index in [1.54, 1.807) is 12.1 Å². The minimum Gasteiger partial charge on any atom is -0.369 e. The molecule has 0 spiro atoms. The van der Waals surface area contributed by atoms with Crippen molar-refractivity contribution in [1.82, 2.24) is 5.32 Å². The molecule has 1 atom stereocenters. The molecule has 4 nitrogen and oxygen atoms in total. The molecular weight excluding hydrogens is 414 g/mol. The fraction of sp³-hybridized carbons (Fsp3) is 0.333. The van der Waals surface area contributed by atoms with Gasteiger partial charge in [0.1, 0.15) is 0 Å². The highest BCUT2D eigenvalue weighted by atomic mass is 35.5. The van der Waals surface area contributed by atoms with E-state index in [0.29, 0.717) is 21.0 Å². The molecule has 0 aliphatic carbocycles. The molecule has 1 amide bonds. The van der Waals surface area contributed by atoms with Crippen molar-refractivity contribution in [3.8, 4) is 0 Å². The van der Waals surface area contributed by atoms with E-state index in [9.17, 15) is 4.79 Å². The van der Waals surface area contributed by atoms with E-state index in [4.69, 9.17) is 11.6 Å². The van der Waals surface area contributed by atoms with Crippen molar-refractivity contribution in [3.05, 3.63) is 63.0 Å². The molecule has 2 aromatic rings. The van der Waals surface area contributed by atoms with E-state index in [-0.39, 0.29) is 11.4 Å². The quantitative estimate of drug-likeness (QED) is 0.561. The molecule has 6 heteroatoms. The minimum absolute atomic E-state index is 0.115. The van der Waals surface area contributed by atoms with Crippen LogP contribution in [-0.4, -0.2) is 23.7 Å². The molecule has 4 rings (SSSR count). The number of nitrogens with one attached hydrogen (secondary N) is 1. The Morgan fingerprint density at radius 1 is 1.27 bits per heavy atom. The first-order valence-corrected chi connectivity index (χ1v) is 11.3. The van der Waals surface area contributed by atoms with Gasteiger partial charge < -0.3 is 10.2 Å². The van der Waals surface area contributed by atoms with Gasteiger partial charge in [-0.25, -0.2) is 4.99 Å². The molecule has 2 heterocycles. The summed E-state index contributed by atoms with van der Waals surface area (Å²) in [7, 11) is 2.17. The van der Waals surface area contributed by atoms with E-state index in [0.717, 1.165) is 23.2 Å². The molecule has 1 fully saturated rings. The van der Waals surface area contributed by atoms with Crippen molar-refractivity contribution in [2.24, 2.45) is 4.99 Å². The summed E-state index contributed by atoms with van der Waals surface area (Å²) in [4.78, 5) is 20.1. The van der Waals surface area contributed by atoms with Gasteiger partial charge >= 0.3 is 0 Å². The van der Waals surface area contributed by atoms with Crippen LogP contribution in [0.4, 0.5) is 11.4 Å². The second kappa shape index (κ2) is 7.78. The Bertz CT molecular complexity index is 1070. The maximum atomic E-state index is 12.5. The second-order valence-electron chi connectivity index (χ2n) is 8.70. The fourth-order valence-corrected chi connectivity index (χ4v) is 5.10. The maximum absolute atomic E-state index is 12.5. The SMILES string of the molecule is Cc1cc2c(cc1/C=C1\SC(=Nc3ccc(Cl)cc3)NC1=O)[C@H](C)CC(C)(C)N2C. The van der Waals surface area contributed by atoms with E-state index in [2.05, 4.69) is 62.1 Å². The van der Waals surface area contributed by atoms with Crippen LogP contribution in [0.3, 0.4) is 0 Å². The molecule has 0 bridgehead atoms. The third-order valence-corrected chi connectivity index (χ3v) is 7.18.